The van der Waals surface area contributed by atoms with Crippen molar-refractivity contribution in [2.75, 3.05) is 47.5 Å². The molecule has 0 aromatic carbocycles. The predicted octanol–water partition coefficient (Wildman–Crippen LogP) is 19.0. The number of likely N-dealkylation sites (N-methyl/N-ethyl adjacent to an activating group) is 1. The molecule has 79 heavy (non-hydrogen) atoms. The zero-order valence-corrected chi connectivity index (χ0v) is 51.0. The van der Waals surface area contributed by atoms with E-state index in [1.54, 1.807) is 6.08 Å². The molecule has 9 heteroatoms. The van der Waals surface area contributed by atoms with Crippen LogP contribution in [0.5, 0.6) is 0 Å². The molecule has 2 unspecified atom stereocenters. The summed E-state index contributed by atoms with van der Waals surface area (Å²) < 4.78 is 22.7. The Bertz CT molecular complexity index is 1750. The van der Waals surface area contributed by atoms with Gasteiger partial charge >= 0.3 is 17.9 Å². The highest BCUT2D eigenvalue weighted by atomic mass is 16.7. The van der Waals surface area contributed by atoms with Crippen LogP contribution in [-0.2, 0) is 33.3 Å². The van der Waals surface area contributed by atoms with Crippen molar-refractivity contribution in [1.82, 2.24) is 0 Å². The molecule has 0 aliphatic rings. The summed E-state index contributed by atoms with van der Waals surface area (Å²) in [5, 5.41) is 9.69. The number of quaternary nitrogens is 1. The molecule has 0 spiro atoms. The van der Waals surface area contributed by atoms with Gasteiger partial charge in [-0.3, -0.25) is 9.59 Å². The zero-order valence-electron chi connectivity index (χ0n) is 51.0. The second-order valence-electron chi connectivity index (χ2n) is 21.6. The van der Waals surface area contributed by atoms with Crippen LogP contribution in [-0.4, -0.2) is 87.4 Å². The summed E-state index contributed by atoms with van der Waals surface area (Å²) in [4.78, 5) is 37.3. The number of unbranched alkanes of at least 4 members (excludes halogenated alkanes) is 20. The number of carbonyl (C=O) groups excluding carboxylic acids is 2. The Kier molecular flexibility index (Phi) is 56.1. The van der Waals surface area contributed by atoms with Gasteiger partial charge in [-0.05, 0) is 89.9 Å². The van der Waals surface area contributed by atoms with Crippen molar-refractivity contribution in [3.05, 3.63) is 134 Å². The van der Waals surface area contributed by atoms with Gasteiger partial charge in [-0.1, -0.05) is 263 Å². The molecule has 2 atom stereocenters. The Balaban J connectivity index is 4.08. The van der Waals surface area contributed by atoms with Gasteiger partial charge in [0.25, 0.3) is 6.29 Å². The first-order chi connectivity index (χ1) is 38.6. The fourth-order valence-electron chi connectivity index (χ4n) is 8.21. The Morgan fingerprint density at radius 1 is 0.392 bits per heavy atom. The molecule has 0 bridgehead atoms. The lowest BCUT2D eigenvalue weighted by Crippen LogP contribution is -2.40. The summed E-state index contributed by atoms with van der Waals surface area (Å²) in [6.45, 7) is 4.53. The van der Waals surface area contributed by atoms with E-state index in [-0.39, 0.29) is 32.7 Å². The number of rotatable bonds is 56. The average Bonchev–Trinajstić information content (AvgIpc) is 3.42. The Labute approximate surface area is 484 Å². The lowest BCUT2D eigenvalue weighted by molar-refractivity contribution is -0.870. The van der Waals surface area contributed by atoms with E-state index in [0.717, 1.165) is 83.5 Å². The van der Waals surface area contributed by atoms with Crippen molar-refractivity contribution in [2.24, 2.45) is 0 Å². The van der Waals surface area contributed by atoms with Crippen LogP contribution in [0.3, 0.4) is 0 Å². The molecule has 0 saturated carbocycles. The SMILES string of the molecule is CC/C=C\C/C=C\C/C=C\C/C=C\C/C=C\C/C=C\CCCCCCCCCCCCCCCCCCCCCCC(=O)OC(COC(=O)C/C=C\C/C=C\C/C=C\C/C=C\C/C=C\CC)COC(OCC[N+](C)(C)C)C(=O)O. The fraction of sp³-hybridized carbons (Fsp3) is 0.643. The second-order valence-corrected chi connectivity index (χ2v) is 21.6. The number of carboxylic acid groups (broad SMARTS) is 1. The van der Waals surface area contributed by atoms with Gasteiger partial charge in [-0.25, -0.2) is 4.79 Å². The molecule has 9 nitrogen and oxygen atoms in total. The highest BCUT2D eigenvalue weighted by Crippen LogP contribution is 2.16. The first kappa shape index (κ1) is 74.4. The molecule has 0 aromatic heterocycles. The quantitative estimate of drug-likeness (QED) is 0.0211. The number of nitrogens with zero attached hydrogens (tertiary/aromatic N) is 1. The molecule has 0 aliphatic carbocycles. The van der Waals surface area contributed by atoms with Gasteiger partial charge < -0.3 is 28.5 Å². The minimum Gasteiger partial charge on any atom is -0.477 e. The van der Waals surface area contributed by atoms with Crippen LogP contribution >= 0.6 is 0 Å². The normalized spacial score (nSPS) is 13.7. The van der Waals surface area contributed by atoms with E-state index in [2.05, 4.69) is 135 Å². The van der Waals surface area contributed by atoms with E-state index < -0.39 is 30.3 Å². The third-order valence-electron chi connectivity index (χ3n) is 12.9. The van der Waals surface area contributed by atoms with Crippen LogP contribution in [0.2, 0.25) is 0 Å². The number of aliphatic carboxylic acids is 1. The molecule has 448 valence electrons. The van der Waals surface area contributed by atoms with Gasteiger partial charge in [0.1, 0.15) is 13.2 Å². The van der Waals surface area contributed by atoms with E-state index in [0.29, 0.717) is 23.9 Å². The summed E-state index contributed by atoms with van der Waals surface area (Å²) in [6, 6.07) is 0. The third kappa shape index (κ3) is 60.9. The predicted molar refractivity (Wildman–Crippen MR) is 336 cm³/mol. The van der Waals surface area contributed by atoms with E-state index in [1.807, 2.05) is 27.2 Å². The van der Waals surface area contributed by atoms with Gasteiger partial charge in [0.15, 0.2) is 6.10 Å². The molecule has 0 heterocycles. The number of esters is 2. The van der Waals surface area contributed by atoms with E-state index >= 15 is 0 Å². The van der Waals surface area contributed by atoms with Crippen LogP contribution in [0.15, 0.2) is 134 Å². The first-order valence-electron chi connectivity index (χ1n) is 31.3. The summed E-state index contributed by atoms with van der Waals surface area (Å²) in [5.41, 5.74) is 0. The van der Waals surface area contributed by atoms with Crippen LogP contribution in [0, 0.1) is 0 Å². The van der Waals surface area contributed by atoms with Crippen molar-refractivity contribution < 1.29 is 42.9 Å². The molecule has 0 saturated heterocycles. The highest BCUT2D eigenvalue weighted by Gasteiger charge is 2.25. The minimum absolute atomic E-state index is 0.0658. The maximum atomic E-state index is 12.9. The molecule has 0 amide bonds. The van der Waals surface area contributed by atoms with Gasteiger partial charge in [-0.15, -0.1) is 0 Å². The van der Waals surface area contributed by atoms with Crippen LogP contribution in [0.1, 0.15) is 232 Å². The van der Waals surface area contributed by atoms with Crippen molar-refractivity contribution >= 4 is 17.9 Å². The molecule has 0 rings (SSSR count). The maximum absolute atomic E-state index is 12.9. The zero-order chi connectivity index (χ0) is 57.6. The van der Waals surface area contributed by atoms with E-state index in [1.165, 1.54) is 109 Å². The van der Waals surface area contributed by atoms with Gasteiger partial charge in [0.05, 0.1) is 40.8 Å². The standard InChI is InChI=1S/C70H115NO8/c1-6-8-10-12-14-16-18-20-22-23-24-25-26-27-28-29-30-31-32-33-34-35-36-37-38-39-40-41-42-43-44-45-47-49-51-53-55-57-59-61-68(73)79-66(65-78-70(69(74)75)76-63-62-71(3,4)5)64-77-67(72)60-58-56-54-52-50-48-46-21-19-17-15-13-11-9-7-2/h8-11,14-17,20-22,24-25,27-28,30-31,46,50,52,56,58,66,70H,6-7,12-13,18-19,23,26,29,32-45,47-49,51,53-55,57,59-65H2,1-5H3/p+1/b10-8-,11-9-,16-14-,17-15-,22-20-,25-24-,28-27-,31-30-,46-21-,52-50-,58-56-. The number of carbonyl (C=O) groups is 3. The Morgan fingerprint density at radius 3 is 1.08 bits per heavy atom. The summed E-state index contributed by atoms with van der Waals surface area (Å²) in [6.07, 6.45) is 83.1. The third-order valence-corrected chi connectivity index (χ3v) is 12.9. The fourth-order valence-corrected chi connectivity index (χ4v) is 8.21. The van der Waals surface area contributed by atoms with Crippen LogP contribution in [0.25, 0.3) is 0 Å². The monoisotopic (exact) mass is 1100 g/mol. The van der Waals surface area contributed by atoms with Crippen LogP contribution < -0.4 is 0 Å². The summed E-state index contributed by atoms with van der Waals surface area (Å²) in [5.74, 6) is -2.17. The van der Waals surface area contributed by atoms with E-state index in [9.17, 15) is 19.5 Å². The minimum atomic E-state index is -1.54. The van der Waals surface area contributed by atoms with Crippen molar-refractivity contribution in [3.63, 3.8) is 0 Å². The smallest absolute Gasteiger partial charge is 0.361 e. The first-order valence-corrected chi connectivity index (χ1v) is 31.3. The largest absolute Gasteiger partial charge is 0.477 e. The molecule has 0 fully saturated rings. The topological polar surface area (TPSA) is 108 Å². The van der Waals surface area contributed by atoms with Crippen molar-refractivity contribution in [3.8, 4) is 0 Å². The lowest BCUT2D eigenvalue weighted by Gasteiger charge is -2.25. The number of carboxylic acids is 1. The summed E-state index contributed by atoms with van der Waals surface area (Å²) in [7, 11) is 5.94. The molecule has 0 aromatic rings. The number of hydrogen-bond donors (Lipinski definition) is 1. The second kappa shape index (κ2) is 59.5. The van der Waals surface area contributed by atoms with Gasteiger partial charge in [-0.2, -0.15) is 0 Å². The molecular formula is C70H116NO8+. The number of ether oxygens (including phenoxy) is 4. The average molecular weight is 1100 g/mol. The number of allylic oxidation sites excluding steroid dienone is 21. The van der Waals surface area contributed by atoms with Crippen molar-refractivity contribution in [2.45, 2.75) is 245 Å². The Morgan fingerprint density at radius 2 is 0.722 bits per heavy atom. The lowest BCUT2D eigenvalue weighted by atomic mass is 10.0. The molecule has 0 radical (unpaired) electrons. The van der Waals surface area contributed by atoms with E-state index in [4.69, 9.17) is 18.9 Å². The molecular weight excluding hydrogens is 983 g/mol. The number of hydrogen-bond acceptors (Lipinski definition) is 7. The van der Waals surface area contributed by atoms with Crippen LogP contribution in [0.4, 0.5) is 0 Å². The molecule has 1 N–H and O–H groups in total. The van der Waals surface area contributed by atoms with Gasteiger partial charge in [0.2, 0.25) is 0 Å². The molecule has 0 aliphatic heterocycles. The Hall–Kier alpha value is -4.57. The summed E-state index contributed by atoms with van der Waals surface area (Å²) >= 11 is 0. The maximum Gasteiger partial charge on any atom is 0.361 e. The van der Waals surface area contributed by atoms with Gasteiger partial charge in [0, 0.05) is 6.42 Å². The van der Waals surface area contributed by atoms with Crippen molar-refractivity contribution in [1.29, 1.82) is 0 Å². The highest BCUT2D eigenvalue weighted by molar-refractivity contribution is 5.72.